The molecule has 0 aromatic heterocycles. The van der Waals surface area contributed by atoms with E-state index in [-0.39, 0.29) is 16.3 Å². The number of carboxylic acids is 1. The summed E-state index contributed by atoms with van der Waals surface area (Å²) < 4.78 is 50.9. The lowest BCUT2D eigenvalue weighted by Gasteiger charge is -2.19. The summed E-state index contributed by atoms with van der Waals surface area (Å²) in [6.45, 7) is 1.14. The summed E-state index contributed by atoms with van der Waals surface area (Å²) in [6, 6.07) is 4.60. The van der Waals surface area contributed by atoms with Gasteiger partial charge in [0.25, 0.3) is 0 Å². The molecule has 0 fully saturated rings. The van der Waals surface area contributed by atoms with Gasteiger partial charge in [0.05, 0.1) is 9.79 Å². The Kier molecular flexibility index (Phi) is 6.06. The van der Waals surface area contributed by atoms with Gasteiger partial charge in [0.2, 0.25) is 20.0 Å². The van der Waals surface area contributed by atoms with Crippen LogP contribution in [0.4, 0.5) is 0 Å². The van der Waals surface area contributed by atoms with Crippen molar-refractivity contribution >= 4 is 26.0 Å². The molecule has 0 bridgehead atoms. The van der Waals surface area contributed by atoms with Crippen LogP contribution in [0.1, 0.15) is 13.3 Å². The van der Waals surface area contributed by atoms with Gasteiger partial charge in [-0.05, 0) is 37.7 Å². The second-order valence-electron chi connectivity index (χ2n) is 4.41. The summed E-state index contributed by atoms with van der Waals surface area (Å²) in [5, 5.41) is 8.81. The molecule has 0 aliphatic rings. The van der Waals surface area contributed by atoms with Crippen LogP contribution in [-0.4, -0.2) is 52.4 Å². The van der Waals surface area contributed by atoms with Crippen molar-refractivity contribution in [2.24, 2.45) is 0 Å². The molecule has 0 spiro atoms. The summed E-state index contributed by atoms with van der Waals surface area (Å²) in [6.07, 6.45) is 0.457. The van der Waals surface area contributed by atoms with Gasteiger partial charge in [-0.3, -0.25) is 4.79 Å². The molecule has 2 N–H and O–H groups in total. The van der Waals surface area contributed by atoms with E-state index in [1.807, 2.05) is 0 Å². The highest BCUT2D eigenvalue weighted by molar-refractivity contribution is 7.89. The third-order valence-electron chi connectivity index (χ3n) is 2.83. The molecule has 0 atom stereocenters. The van der Waals surface area contributed by atoms with E-state index in [9.17, 15) is 21.6 Å². The monoisotopic (exact) mass is 350 g/mol. The molecule has 0 saturated heterocycles. The summed E-state index contributed by atoms with van der Waals surface area (Å²) in [4.78, 5) is 10.6. The Hall–Kier alpha value is -1.49. The van der Waals surface area contributed by atoms with Gasteiger partial charge in [0.15, 0.2) is 0 Å². The molecule has 22 heavy (non-hydrogen) atoms. The number of carboxylic acid groups (broad SMARTS) is 1. The van der Waals surface area contributed by atoms with E-state index in [1.165, 1.54) is 7.05 Å². The molecule has 124 valence electrons. The van der Waals surface area contributed by atoms with Crippen LogP contribution in [0.25, 0.3) is 0 Å². The molecule has 0 heterocycles. The summed E-state index contributed by atoms with van der Waals surface area (Å²) in [5.74, 6) is -1.26. The predicted octanol–water partition coefficient (Wildman–Crippen LogP) is 0.0800. The van der Waals surface area contributed by atoms with E-state index in [4.69, 9.17) is 5.11 Å². The Bertz CT molecular complexity index is 725. The number of nitrogens with zero attached hydrogens (tertiary/aromatic N) is 1. The molecule has 0 aliphatic carbocycles. The molecule has 0 radical (unpaired) electrons. The molecular formula is C12H18N2O6S2. The Labute approximate surface area is 129 Å². The molecule has 1 aromatic rings. The van der Waals surface area contributed by atoms with Crippen LogP contribution < -0.4 is 4.72 Å². The molecule has 1 rings (SSSR count). The Morgan fingerprint density at radius 2 is 1.64 bits per heavy atom. The number of aliphatic carboxylic acids is 1. The molecular weight excluding hydrogens is 332 g/mol. The first kappa shape index (κ1) is 18.6. The zero-order chi connectivity index (χ0) is 17.0. The van der Waals surface area contributed by atoms with Gasteiger partial charge < -0.3 is 5.11 Å². The minimum atomic E-state index is -3.99. The van der Waals surface area contributed by atoms with Gasteiger partial charge in [-0.2, -0.15) is 4.31 Å². The quantitative estimate of drug-likeness (QED) is 0.685. The fourth-order valence-corrected chi connectivity index (χ4v) is 3.95. The lowest BCUT2D eigenvalue weighted by atomic mass is 10.4. The first-order valence-electron chi connectivity index (χ1n) is 6.40. The van der Waals surface area contributed by atoms with Gasteiger partial charge in [-0.15, -0.1) is 0 Å². The van der Waals surface area contributed by atoms with Crippen LogP contribution in [0.2, 0.25) is 0 Å². The van der Waals surface area contributed by atoms with Crippen LogP contribution in [0.3, 0.4) is 0 Å². The standard InChI is InChI=1S/C12H18N2O6S2/c1-3-8-14(9-12(15)16)22(19,20)11-6-4-10(5-7-11)21(17,18)13-2/h4-7,13H,3,8-9H2,1-2H3,(H,15,16). The zero-order valence-electron chi connectivity index (χ0n) is 12.2. The number of carbonyl (C=O) groups is 1. The third kappa shape index (κ3) is 4.26. The van der Waals surface area contributed by atoms with Crippen LogP contribution in [-0.2, 0) is 24.8 Å². The van der Waals surface area contributed by atoms with Crippen molar-refractivity contribution in [2.75, 3.05) is 20.1 Å². The largest absolute Gasteiger partial charge is 0.480 e. The van der Waals surface area contributed by atoms with E-state index < -0.39 is 32.6 Å². The summed E-state index contributed by atoms with van der Waals surface area (Å²) >= 11 is 0. The second-order valence-corrected chi connectivity index (χ2v) is 8.24. The molecule has 1 aromatic carbocycles. The van der Waals surface area contributed by atoms with E-state index in [0.29, 0.717) is 6.42 Å². The third-order valence-corrected chi connectivity index (χ3v) is 6.11. The number of rotatable bonds is 8. The zero-order valence-corrected chi connectivity index (χ0v) is 13.8. The van der Waals surface area contributed by atoms with E-state index in [0.717, 1.165) is 28.6 Å². The van der Waals surface area contributed by atoms with Gasteiger partial charge in [0.1, 0.15) is 6.54 Å². The van der Waals surface area contributed by atoms with Crippen molar-refractivity contribution in [3.63, 3.8) is 0 Å². The number of hydrogen-bond acceptors (Lipinski definition) is 5. The van der Waals surface area contributed by atoms with Crippen molar-refractivity contribution in [3.05, 3.63) is 24.3 Å². The molecule has 0 amide bonds. The van der Waals surface area contributed by atoms with Crippen LogP contribution in [0.15, 0.2) is 34.1 Å². The summed E-state index contributed by atoms with van der Waals surface area (Å²) in [5.41, 5.74) is 0. The van der Waals surface area contributed by atoms with Crippen molar-refractivity contribution in [1.29, 1.82) is 0 Å². The topological polar surface area (TPSA) is 121 Å². The maximum absolute atomic E-state index is 12.4. The van der Waals surface area contributed by atoms with E-state index in [1.54, 1.807) is 6.92 Å². The first-order chi connectivity index (χ1) is 10.1. The minimum Gasteiger partial charge on any atom is -0.480 e. The van der Waals surface area contributed by atoms with Crippen molar-refractivity contribution in [1.82, 2.24) is 9.03 Å². The minimum absolute atomic E-state index is 0.0607. The van der Waals surface area contributed by atoms with Crippen LogP contribution in [0, 0.1) is 0 Å². The lowest BCUT2D eigenvalue weighted by molar-refractivity contribution is -0.137. The normalized spacial score (nSPS) is 12.5. The Morgan fingerprint density at radius 1 is 1.14 bits per heavy atom. The smallest absolute Gasteiger partial charge is 0.318 e. The van der Waals surface area contributed by atoms with Crippen molar-refractivity contribution in [3.8, 4) is 0 Å². The fourth-order valence-electron chi connectivity index (χ4n) is 1.74. The maximum Gasteiger partial charge on any atom is 0.318 e. The fraction of sp³-hybridized carbons (Fsp3) is 0.417. The number of sulfonamides is 2. The maximum atomic E-state index is 12.4. The lowest BCUT2D eigenvalue weighted by Crippen LogP contribution is -2.36. The van der Waals surface area contributed by atoms with E-state index in [2.05, 4.69) is 4.72 Å². The highest BCUT2D eigenvalue weighted by Crippen LogP contribution is 2.18. The Balaban J connectivity index is 3.19. The summed E-state index contributed by atoms with van der Waals surface area (Å²) in [7, 11) is -6.41. The SMILES string of the molecule is CCCN(CC(=O)O)S(=O)(=O)c1ccc(S(=O)(=O)NC)cc1. The predicted molar refractivity (Wildman–Crippen MR) is 79.4 cm³/mol. The highest BCUT2D eigenvalue weighted by atomic mass is 32.2. The van der Waals surface area contributed by atoms with Gasteiger partial charge in [0, 0.05) is 6.54 Å². The van der Waals surface area contributed by atoms with Gasteiger partial charge >= 0.3 is 5.97 Å². The Morgan fingerprint density at radius 3 is 2.05 bits per heavy atom. The van der Waals surface area contributed by atoms with Gasteiger partial charge in [-0.25, -0.2) is 21.6 Å². The van der Waals surface area contributed by atoms with Gasteiger partial charge in [-0.1, -0.05) is 6.92 Å². The van der Waals surface area contributed by atoms with Crippen molar-refractivity contribution in [2.45, 2.75) is 23.1 Å². The number of nitrogens with one attached hydrogen (secondary N) is 1. The molecule has 10 heteroatoms. The van der Waals surface area contributed by atoms with Crippen molar-refractivity contribution < 1.29 is 26.7 Å². The highest BCUT2D eigenvalue weighted by Gasteiger charge is 2.26. The average Bonchev–Trinajstić information content (AvgIpc) is 2.46. The van der Waals surface area contributed by atoms with Crippen LogP contribution >= 0.6 is 0 Å². The number of benzene rings is 1. The molecule has 8 nitrogen and oxygen atoms in total. The first-order valence-corrected chi connectivity index (χ1v) is 9.33. The second kappa shape index (κ2) is 7.18. The molecule has 0 saturated carbocycles. The number of hydrogen-bond donors (Lipinski definition) is 2. The average molecular weight is 350 g/mol. The molecule has 0 aliphatic heterocycles. The van der Waals surface area contributed by atoms with E-state index >= 15 is 0 Å². The molecule has 0 unspecified atom stereocenters. The van der Waals surface area contributed by atoms with Crippen LogP contribution in [0.5, 0.6) is 0 Å².